The molecule has 2 nitrogen and oxygen atoms in total. The van der Waals surface area contributed by atoms with Gasteiger partial charge in [0.2, 0.25) is 0 Å². The largest absolute Gasteiger partial charge is 0.249 e. The maximum Gasteiger partial charge on any atom is 0.0637 e. The molecule has 124 valence electrons. The number of hydrogen-bond donors (Lipinski definition) is 0. The van der Waals surface area contributed by atoms with Gasteiger partial charge in [-0.05, 0) is 59.7 Å². The Morgan fingerprint density at radius 2 is 0.615 bits per heavy atom. The first-order valence-electron chi connectivity index (χ1n) is 8.81. The zero-order valence-corrected chi connectivity index (χ0v) is 14.3. The van der Waals surface area contributed by atoms with E-state index in [0.717, 1.165) is 22.7 Å². The van der Waals surface area contributed by atoms with Crippen LogP contribution in [0.3, 0.4) is 0 Å². The van der Waals surface area contributed by atoms with Gasteiger partial charge >= 0.3 is 0 Å². The van der Waals surface area contributed by atoms with Gasteiger partial charge in [0.25, 0.3) is 0 Å². The highest BCUT2D eigenvalue weighted by Gasteiger charge is 2.22. The van der Waals surface area contributed by atoms with E-state index in [1.165, 1.54) is 11.1 Å². The number of hydrogen-bond acceptors (Lipinski definition) is 2. The van der Waals surface area contributed by atoms with Crippen molar-refractivity contribution in [1.29, 1.82) is 0 Å². The predicted octanol–water partition coefficient (Wildman–Crippen LogP) is 6.56. The molecule has 0 radical (unpaired) electrons. The number of para-hydroxylation sites is 2. The van der Waals surface area contributed by atoms with Crippen LogP contribution in [0.5, 0.6) is 0 Å². The molecular formula is C24H18N2. The third-order valence-electron chi connectivity index (χ3n) is 4.76. The van der Waals surface area contributed by atoms with E-state index in [0.29, 0.717) is 0 Å². The third-order valence-corrected chi connectivity index (χ3v) is 4.76. The first-order chi connectivity index (χ1) is 12.9. The summed E-state index contributed by atoms with van der Waals surface area (Å²) in [5.74, 6) is 0. The molecular weight excluding hydrogens is 316 g/mol. The van der Waals surface area contributed by atoms with E-state index in [2.05, 4.69) is 119 Å². The molecule has 0 aromatic heterocycles. The Balaban J connectivity index is 1.81. The van der Waals surface area contributed by atoms with Crippen LogP contribution in [0.25, 0.3) is 11.1 Å². The molecule has 4 heterocycles. The molecule has 4 aromatic carbocycles. The zero-order valence-electron chi connectivity index (χ0n) is 14.3. The summed E-state index contributed by atoms with van der Waals surface area (Å²) >= 11 is 0. The van der Waals surface area contributed by atoms with Gasteiger partial charge in [0.1, 0.15) is 0 Å². The summed E-state index contributed by atoms with van der Waals surface area (Å²) in [6.07, 6.45) is 0. The van der Waals surface area contributed by atoms with Crippen LogP contribution in [0.1, 0.15) is 0 Å². The highest BCUT2D eigenvalue weighted by atomic mass is 15.6. The first-order valence-corrected chi connectivity index (χ1v) is 8.81. The molecule has 0 N–H and O–H groups in total. The second kappa shape index (κ2) is 6.08. The minimum atomic E-state index is 1.12. The van der Waals surface area contributed by atoms with Crippen molar-refractivity contribution in [3.8, 4) is 11.1 Å². The van der Waals surface area contributed by atoms with Crippen LogP contribution in [-0.4, -0.2) is 0 Å². The number of hydrazine groups is 1. The second-order valence-electron chi connectivity index (χ2n) is 6.39. The lowest BCUT2D eigenvalue weighted by atomic mass is 10.0. The van der Waals surface area contributed by atoms with Crippen LogP contribution in [-0.2, 0) is 0 Å². The van der Waals surface area contributed by atoms with Crippen LogP contribution in [0.15, 0.2) is 109 Å². The summed E-state index contributed by atoms with van der Waals surface area (Å²) in [4.78, 5) is 0. The second-order valence-corrected chi connectivity index (χ2v) is 6.39. The van der Waals surface area contributed by atoms with Gasteiger partial charge in [-0.25, -0.2) is 10.0 Å². The van der Waals surface area contributed by atoms with Gasteiger partial charge < -0.3 is 0 Å². The van der Waals surface area contributed by atoms with Crippen molar-refractivity contribution in [2.75, 3.05) is 10.0 Å². The van der Waals surface area contributed by atoms with Crippen molar-refractivity contribution in [3.05, 3.63) is 109 Å². The lowest BCUT2D eigenvalue weighted by molar-refractivity contribution is 0.989. The van der Waals surface area contributed by atoms with E-state index in [4.69, 9.17) is 0 Å². The Kier molecular flexibility index (Phi) is 3.46. The van der Waals surface area contributed by atoms with Crippen LogP contribution in [0.2, 0.25) is 0 Å². The number of benzene rings is 4. The van der Waals surface area contributed by atoms with Gasteiger partial charge in [-0.1, -0.05) is 60.7 Å². The fraction of sp³-hybridized carbons (Fsp3) is 0. The van der Waals surface area contributed by atoms with Crippen molar-refractivity contribution in [2.45, 2.75) is 0 Å². The molecule has 4 aliphatic rings. The zero-order chi connectivity index (χ0) is 17.3. The van der Waals surface area contributed by atoms with Gasteiger partial charge in [0.15, 0.2) is 0 Å². The first kappa shape index (κ1) is 14.8. The Labute approximate surface area is 153 Å². The van der Waals surface area contributed by atoms with Gasteiger partial charge in [-0.15, -0.1) is 0 Å². The quantitative estimate of drug-likeness (QED) is 0.409. The molecule has 4 aliphatic heterocycles. The Hall–Kier alpha value is -3.52. The highest BCUT2D eigenvalue weighted by molar-refractivity contribution is 5.81. The molecule has 0 atom stereocenters. The van der Waals surface area contributed by atoms with Crippen molar-refractivity contribution in [2.24, 2.45) is 0 Å². The number of rotatable bonds is 2. The Morgan fingerprint density at radius 1 is 0.308 bits per heavy atom. The smallest absolute Gasteiger partial charge is 0.0637 e. The molecule has 0 saturated heterocycles. The summed E-state index contributed by atoms with van der Waals surface area (Å²) in [5, 5.41) is 4.53. The highest BCUT2D eigenvalue weighted by Crippen LogP contribution is 2.39. The van der Waals surface area contributed by atoms with Crippen molar-refractivity contribution in [1.82, 2.24) is 0 Å². The Morgan fingerprint density at radius 3 is 0.962 bits per heavy atom. The van der Waals surface area contributed by atoms with E-state index in [9.17, 15) is 0 Å². The fourth-order valence-electron chi connectivity index (χ4n) is 3.49. The minimum Gasteiger partial charge on any atom is -0.249 e. The monoisotopic (exact) mass is 334 g/mol. The molecule has 4 bridgehead atoms. The SMILES string of the molecule is c1ccc(N2c3ccc(cc3)-c3ccc(cc3)N2c2ccccc2)cc1. The van der Waals surface area contributed by atoms with Crippen LogP contribution in [0.4, 0.5) is 22.7 Å². The van der Waals surface area contributed by atoms with E-state index < -0.39 is 0 Å². The minimum absolute atomic E-state index is 1.12. The summed E-state index contributed by atoms with van der Waals surface area (Å²) in [5.41, 5.74) is 6.97. The maximum absolute atomic E-state index is 2.26. The predicted molar refractivity (Wildman–Crippen MR) is 109 cm³/mol. The average molecular weight is 334 g/mol. The van der Waals surface area contributed by atoms with Gasteiger partial charge in [0, 0.05) is 0 Å². The van der Waals surface area contributed by atoms with E-state index in [1.54, 1.807) is 0 Å². The normalized spacial score (nSPS) is 12.5. The topological polar surface area (TPSA) is 6.48 Å². The average Bonchev–Trinajstić information content (AvgIpc) is 2.74. The Bertz CT molecular complexity index is 920. The van der Waals surface area contributed by atoms with Gasteiger partial charge in [0.05, 0.1) is 22.7 Å². The molecule has 2 heteroatoms. The molecule has 0 amide bonds. The maximum atomic E-state index is 2.26. The summed E-state index contributed by atoms with van der Waals surface area (Å²) < 4.78 is 0. The molecule has 0 unspecified atom stereocenters. The van der Waals surface area contributed by atoms with Crippen molar-refractivity contribution >= 4 is 22.7 Å². The van der Waals surface area contributed by atoms with Gasteiger partial charge in [-0.3, -0.25) is 0 Å². The van der Waals surface area contributed by atoms with Crippen LogP contribution >= 0.6 is 0 Å². The van der Waals surface area contributed by atoms with Gasteiger partial charge in [-0.2, -0.15) is 0 Å². The summed E-state index contributed by atoms with van der Waals surface area (Å²) in [6.45, 7) is 0. The molecule has 26 heavy (non-hydrogen) atoms. The van der Waals surface area contributed by atoms with E-state index in [1.807, 2.05) is 0 Å². The molecule has 0 saturated carbocycles. The fourth-order valence-corrected chi connectivity index (χ4v) is 3.49. The number of anilines is 4. The van der Waals surface area contributed by atoms with Crippen molar-refractivity contribution < 1.29 is 0 Å². The molecule has 8 rings (SSSR count). The van der Waals surface area contributed by atoms with Crippen molar-refractivity contribution in [3.63, 3.8) is 0 Å². The van der Waals surface area contributed by atoms with Crippen LogP contribution < -0.4 is 10.0 Å². The summed E-state index contributed by atoms with van der Waals surface area (Å²) in [7, 11) is 0. The van der Waals surface area contributed by atoms with E-state index in [-0.39, 0.29) is 0 Å². The lowest BCUT2D eigenvalue weighted by Crippen LogP contribution is -2.35. The molecule has 0 spiro atoms. The number of nitrogens with zero attached hydrogens (tertiary/aromatic N) is 2. The lowest BCUT2D eigenvalue weighted by Gasteiger charge is -2.39. The third kappa shape index (κ3) is 2.44. The summed E-state index contributed by atoms with van der Waals surface area (Å²) in [6, 6.07) is 38.5. The molecule has 0 aliphatic carbocycles. The van der Waals surface area contributed by atoms with Crippen LogP contribution in [0, 0.1) is 0 Å². The standard InChI is InChI=1S/C24H18N2/c1-3-7-21(8-4-1)25-23-15-11-19(12-16-23)20-13-17-24(18-14-20)26(25)22-9-5-2-6-10-22/h1-18H. The molecule has 4 aromatic rings. The molecule has 0 fully saturated rings. The van der Waals surface area contributed by atoms with E-state index >= 15 is 0 Å².